The van der Waals surface area contributed by atoms with Crippen LogP contribution in [0.5, 0.6) is 0 Å². The van der Waals surface area contributed by atoms with Gasteiger partial charge < -0.3 is 0 Å². The van der Waals surface area contributed by atoms with Crippen LogP contribution in [0.15, 0.2) is 12.7 Å². The third-order valence-electron chi connectivity index (χ3n) is 2.14. The lowest BCUT2D eigenvalue weighted by atomic mass is 10.0. The molecule has 56 valence electrons. The van der Waals surface area contributed by atoms with E-state index in [9.17, 15) is 4.79 Å². The van der Waals surface area contributed by atoms with Gasteiger partial charge in [0.1, 0.15) is 5.78 Å². The fourth-order valence-electron chi connectivity index (χ4n) is 1.64. The van der Waals surface area contributed by atoms with Crippen LogP contribution in [0.3, 0.4) is 0 Å². The maximum Gasteiger partial charge on any atom is 0.136 e. The molecule has 0 aliphatic heterocycles. The second-order valence-corrected chi connectivity index (χ2v) is 3.23. The third-order valence-corrected chi connectivity index (χ3v) is 2.14. The summed E-state index contributed by atoms with van der Waals surface area (Å²) in [6.45, 7) is 5.77. The van der Waals surface area contributed by atoms with Gasteiger partial charge in [-0.25, -0.2) is 0 Å². The van der Waals surface area contributed by atoms with Gasteiger partial charge in [-0.2, -0.15) is 0 Å². The van der Waals surface area contributed by atoms with Gasteiger partial charge in [-0.1, -0.05) is 13.0 Å². The molecule has 0 aromatic rings. The van der Waals surface area contributed by atoms with Crippen molar-refractivity contribution in [1.82, 2.24) is 0 Å². The zero-order chi connectivity index (χ0) is 7.56. The van der Waals surface area contributed by atoms with Crippen molar-refractivity contribution in [3.05, 3.63) is 12.7 Å². The molecule has 2 unspecified atom stereocenters. The summed E-state index contributed by atoms with van der Waals surface area (Å²) >= 11 is 0. The van der Waals surface area contributed by atoms with Crippen LogP contribution in [-0.4, -0.2) is 5.78 Å². The van der Waals surface area contributed by atoms with Gasteiger partial charge in [0.15, 0.2) is 0 Å². The number of carbonyl (C=O) groups excluding carboxylic acids is 1. The molecule has 1 aliphatic rings. The Labute approximate surface area is 62.1 Å². The number of hydrogen-bond acceptors (Lipinski definition) is 1. The molecule has 0 aromatic carbocycles. The van der Waals surface area contributed by atoms with Crippen molar-refractivity contribution >= 4 is 5.78 Å². The molecule has 10 heavy (non-hydrogen) atoms. The SMILES string of the molecule is C=CCC1CC(C)CC1=O. The van der Waals surface area contributed by atoms with Gasteiger partial charge in [0.05, 0.1) is 0 Å². The molecule has 0 radical (unpaired) electrons. The van der Waals surface area contributed by atoms with E-state index in [1.54, 1.807) is 0 Å². The van der Waals surface area contributed by atoms with E-state index in [1.165, 1.54) is 0 Å². The Morgan fingerprint density at radius 2 is 2.50 bits per heavy atom. The van der Waals surface area contributed by atoms with Crippen LogP contribution in [0.4, 0.5) is 0 Å². The fourth-order valence-corrected chi connectivity index (χ4v) is 1.64. The molecule has 0 N–H and O–H groups in total. The number of hydrogen-bond donors (Lipinski definition) is 0. The molecule has 1 rings (SSSR count). The summed E-state index contributed by atoms with van der Waals surface area (Å²) in [5, 5.41) is 0. The Bertz CT molecular complexity index is 149. The quantitative estimate of drug-likeness (QED) is 0.534. The number of rotatable bonds is 2. The summed E-state index contributed by atoms with van der Waals surface area (Å²) in [6, 6.07) is 0. The predicted octanol–water partition coefficient (Wildman–Crippen LogP) is 2.18. The standard InChI is InChI=1S/C9H14O/c1-3-4-8-5-7(2)6-9(8)10/h3,7-8H,1,4-6H2,2H3. The molecule has 1 aliphatic carbocycles. The first-order valence-electron chi connectivity index (χ1n) is 3.87. The minimum Gasteiger partial charge on any atom is -0.299 e. The van der Waals surface area contributed by atoms with Crippen molar-refractivity contribution in [2.45, 2.75) is 26.2 Å². The molecule has 0 heterocycles. The molecule has 1 fully saturated rings. The van der Waals surface area contributed by atoms with Crippen molar-refractivity contribution in [3.63, 3.8) is 0 Å². The lowest BCUT2D eigenvalue weighted by Gasteiger charge is -2.01. The largest absolute Gasteiger partial charge is 0.299 e. The molecule has 1 nitrogen and oxygen atoms in total. The molecule has 2 atom stereocenters. The molecule has 0 saturated heterocycles. The van der Waals surface area contributed by atoms with E-state index in [4.69, 9.17) is 0 Å². The Morgan fingerprint density at radius 1 is 1.80 bits per heavy atom. The van der Waals surface area contributed by atoms with E-state index in [2.05, 4.69) is 13.5 Å². The van der Waals surface area contributed by atoms with Crippen LogP contribution >= 0.6 is 0 Å². The zero-order valence-corrected chi connectivity index (χ0v) is 6.47. The third kappa shape index (κ3) is 1.47. The number of ketones is 1. The van der Waals surface area contributed by atoms with E-state index in [1.807, 2.05) is 6.08 Å². The number of Topliss-reactive ketones (excluding diaryl/α,β-unsaturated/α-hetero) is 1. The first kappa shape index (κ1) is 7.52. The smallest absolute Gasteiger partial charge is 0.136 e. The summed E-state index contributed by atoms with van der Waals surface area (Å²) in [5.74, 6) is 1.34. The van der Waals surface area contributed by atoms with Crippen LogP contribution in [0.1, 0.15) is 26.2 Å². The van der Waals surface area contributed by atoms with Crippen LogP contribution in [-0.2, 0) is 4.79 Å². The fraction of sp³-hybridized carbons (Fsp3) is 0.667. The molecule has 0 spiro atoms. The average Bonchev–Trinajstić information content (AvgIpc) is 2.13. The molecule has 1 heteroatoms. The Kier molecular flexibility index (Phi) is 2.25. The molecule has 0 amide bonds. The van der Waals surface area contributed by atoms with Gasteiger partial charge in [0.25, 0.3) is 0 Å². The summed E-state index contributed by atoms with van der Waals surface area (Å²) in [5.41, 5.74) is 0. The van der Waals surface area contributed by atoms with Crippen molar-refractivity contribution in [2.24, 2.45) is 11.8 Å². The predicted molar refractivity (Wildman–Crippen MR) is 41.7 cm³/mol. The molecule has 0 bridgehead atoms. The summed E-state index contributed by atoms with van der Waals surface area (Å²) in [6.07, 6.45) is 4.59. The Balaban J connectivity index is 2.46. The zero-order valence-electron chi connectivity index (χ0n) is 6.47. The molecule has 0 aromatic heterocycles. The number of allylic oxidation sites excluding steroid dienone is 1. The van der Waals surface area contributed by atoms with E-state index >= 15 is 0 Å². The lowest BCUT2D eigenvalue weighted by molar-refractivity contribution is -0.120. The van der Waals surface area contributed by atoms with Crippen molar-refractivity contribution < 1.29 is 4.79 Å². The Morgan fingerprint density at radius 3 is 2.90 bits per heavy atom. The second kappa shape index (κ2) is 3.00. The lowest BCUT2D eigenvalue weighted by Crippen LogP contribution is -2.03. The van der Waals surface area contributed by atoms with Crippen LogP contribution in [0.2, 0.25) is 0 Å². The van der Waals surface area contributed by atoms with Crippen LogP contribution < -0.4 is 0 Å². The van der Waals surface area contributed by atoms with Crippen molar-refractivity contribution in [1.29, 1.82) is 0 Å². The van der Waals surface area contributed by atoms with Crippen LogP contribution in [0.25, 0.3) is 0 Å². The van der Waals surface area contributed by atoms with Gasteiger partial charge in [0.2, 0.25) is 0 Å². The van der Waals surface area contributed by atoms with Crippen molar-refractivity contribution in [3.8, 4) is 0 Å². The van der Waals surface area contributed by atoms with E-state index in [0.717, 1.165) is 19.3 Å². The van der Waals surface area contributed by atoms with E-state index in [-0.39, 0.29) is 0 Å². The highest BCUT2D eigenvalue weighted by Gasteiger charge is 2.28. The van der Waals surface area contributed by atoms with Gasteiger partial charge in [-0.05, 0) is 18.8 Å². The highest BCUT2D eigenvalue weighted by molar-refractivity contribution is 5.83. The minimum atomic E-state index is 0.299. The number of carbonyl (C=O) groups is 1. The van der Waals surface area contributed by atoms with Gasteiger partial charge >= 0.3 is 0 Å². The average molecular weight is 138 g/mol. The van der Waals surface area contributed by atoms with Gasteiger partial charge in [-0.3, -0.25) is 4.79 Å². The van der Waals surface area contributed by atoms with Gasteiger partial charge in [-0.15, -0.1) is 6.58 Å². The molecular formula is C9H14O. The first-order valence-corrected chi connectivity index (χ1v) is 3.87. The minimum absolute atomic E-state index is 0.299. The topological polar surface area (TPSA) is 17.1 Å². The molecule has 1 saturated carbocycles. The summed E-state index contributed by atoms with van der Waals surface area (Å²) in [7, 11) is 0. The first-order chi connectivity index (χ1) is 4.74. The maximum absolute atomic E-state index is 11.1. The highest BCUT2D eigenvalue weighted by atomic mass is 16.1. The summed E-state index contributed by atoms with van der Waals surface area (Å²) < 4.78 is 0. The second-order valence-electron chi connectivity index (χ2n) is 3.23. The Hall–Kier alpha value is -0.590. The van der Waals surface area contributed by atoms with Crippen LogP contribution in [0, 0.1) is 11.8 Å². The molecular weight excluding hydrogens is 124 g/mol. The summed E-state index contributed by atoms with van der Waals surface area (Å²) in [4.78, 5) is 11.1. The highest BCUT2D eigenvalue weighted by Crippen LogP contribution is 2.29. The van der Waals surface area contributed by atoms with Gasteiger partial charge in [0, 0.05) is 12.3 Å². The maximum atomic E-state index is 11.1. The monoisotopic (exact) mass is 138 g/mol. The van der Waals surface area contributed by atoms with Crippen molar-refractivity contribution in [2.75, 3.05) is 0 Å². The normalized spacial score (nSPS) is 32.7. The van der Waals surface area contributed by atoms with E-state index in [0.29, 0.717) is 17.6 Å². The van der Waals surface area contributed by atoms with E-state index < -0.39 is 0 Å².